The normalized spacial score (nSPS) is 26.0. The van der Waals surface area contributed by atoms with E-state index in [0.29, 0.717) is 0 Å². The molecule has 0 aromatic carbocycles. The van der Waals surface area contributed by atoms with Crippen molar-refractivity contribution in [1.29, 1.82) is 0 Å². The molecule has 15 heavy (non-hydrogen) atoms. The lowest BCUT2D eigenvalue weighted by atomic mass is 10.2. The zero-order valence-corrected chi connectivity index (χ0v) is 8.64. The van der Waals surface area contributed by atoms with Crippen molar-refractivity contribution < 1.29 is 14.3 Å². The van der Waals surface area contributed by atoms with Crippen LogP contribution in [0.3, 0.4) is 0 Å². The van der Waals surface area contributed by atoms with Crippen molar-refractivity contribution in [3.05, 3.63) is 24.2 Å². The molecule has 1 aliphatic rings. The number of carbonyl (C=O) groups is 1. The van der Waals surface area contributed by atoms with Gasteiger partial charge in [0.2, 0.25) is 5.91 Å². The fourth-order valence-corrected chi connectivity index (χ4v) is 1.70. The van der Waals surface area contributed by atoms with Gasteiger partial charge in [-0.3, -0.25) is 4.79 Å². The number of nitrogens with one attached hydrogen (secondary N) is 1. The summed E-state index contributed by atoms with van der Waals surface area (Å²) in [5.74, 6) is 1.14. The highest BCUT2D eigenvalue weighted by Crippen LogP contribution is 2.47. The lowest BCUT2D eigenvalue weighted by Crippen LogP contribution is -2.36. The Kier molecular flexibility index (Phi) is 2.77. The van der Waals surface area contributed by atoms with Crippen LogP contribution < -0.4 is 5.32 Å². The molecule has 0 aliphatic heterocycles. The summed E-state index contributed by atoms with van der Waals surface area (Å²) < 4.78 is 5.24. The summed E-state index contributed by atoms with van der Waals surface area (Å²) >= 11 is 0. The number of carbonyl (C=O) groups excluding carboxylic acids is 1. The van der Waals surface area contributed by atoms with Gasteiger partial charge in [-0.25, -0.2) is 0 Å². The van der Waals surface area contributed by atoms with Crippen LogP contribution in [0.15, 0.2) is 22.8 Å². The Balaban J connectivity index is 1.86. The summed E-state index contributed by atoms with van der Waals surface area (Å²) in [7, 11) is 0. The van der Waals surface area contributed by atoms with Crippen molar-refractivity contribution in [2.45, 2.75) is 25.3 Å². The second-order valence-electron chi connectivity index (χ2n) is 4.06. The lowest BCUT2D eigenvalue weighted by molar-refractivity contribution is -0.123. The molecule has 0 spiro atoms. The van der Waals surface area contributed by atoms with Crippen molar-refractivity contribution in [2.24, 2.45) is 5.92 Å². The monoisotopic (exact) mass is 209 g/mol. The van der Waals surface area contributed by atoms with Crippen LogP contribution >= 0.6 is 0 Å². The maximum atomic E-state index is 11.6. The van der Waals surface area contributed by atoms with E-state index in [4.69, 9.17) is 9.52 Å². The Morgan fingerprint density at radius 1 is 1.80 bits per heavy atom. The molecular weight excluding hydrogens is 194 g/mol. The minimum absolute atomic E-state index is 0.0120. The number of aliphatic hydroxyl groups excluding tert-OH is 1. The molecule has 0 bridgehead atoms. The molecule has 2 rings (SSSR count). The topological polar surface area (TPSA) is 62.5 Å². The van der Waals surface area contributed by atoms with E-state index in [1.54, 1.807) is 13.2 Å². The van der Waals surface area contributed by atoms with Crippen LogP contribution in [0.4, 0.5) is 0 Å². The third-order valence-electron chi connectivity index (χ3n) is 2.70. The van der Waals surface area contributed by atoms with Gasteiger partial charge in [-0.05, 0) is 25.5 Å². The van der Waals surface area contributed by atoms with Gasteiger partial charge in [-0.1, -0.05) is 0 Å². The van der Waals surface area contributed by atoms with Crippen molar-refractivity contribution in [3.63, 3.8) is 0 Å². The molecule has 2 N–H and O–H groups in total. The molecule has 0 saturated heterocycles. The number of amides is 1. The highest BCUT2D eigenvalue weighted by molar-refractivity contribution is 5.82. The van der Waals surface area contributed by atoms with E-state index in [1.165, 1.54) is 0 Å². The molecule has 1 amide bonds. The van der Waals surface area contributed by atoms with Crippen LogP contribution in [-0.2, 0) is 4.79 Å². The van der Waals surface area contributed by atoms with Gasteiger partial charge in [0.15, 0.2) is 0 Å². The van der Waals surface area contributed by atoms with Gasteiger partial charge >= 0.3 is 0 Å². The van der Waals surface area contributed by atoms with Gasteiger partial charge in [0, 0.05) is 17.9 Å². The van der Waals surface area contributed by atoms with Crippen LogP contribution in [-0.4, -0.2) is 23.7 Å². The van der Waals surface area contributed by atoms with Gasteiger partial charge < -0.3 is 14.8 Å². The molecule has 1 aromatic heterocycles. The van der Waals surface area contributed by atoms with Crippen molar-refractivity contribution in [1.82, 2.24) is 5.32 Å². The van der Waals surface area contributed by atoms with Crippen LogP contribution in [0.2, 0.25) is 0 Å². The van der Waals surface area contributed by atoms with Crippen LogP contribution in [0, 0.1) is 5.92 Å². The molecule has 1 heterocycles. The first kappa shape index (κ1) is 10.2. The summed E-state index contributed by atoms with van der Waals surface area (Å²) in [5, 5.41) is 11.6. The van der Waals surface area contributed by atoms with Crippen molar-refractivity contribution in [3.8, 4) is 0 Å². The minimum atomic E-state index is -0.171. The molecule has 1 fully saturated rings. The highest BCUT2D eigenvalue weighted by Gasteiger charge is 2.45. The van der Waals surface area contributed by atoms with Gasteiger partial charge in [0.1, 0.15) is 5.76 Å². The Morgan fingerprint density at radius 3 is 3.20 bits per heavy atom. The smallest absolute Gasteiger partial charge is 0.224 e. The zero-order valence-electron chi connectivity index (χ0n) is 8.64. The molecule has 4 heteroatoms. The number of furan rings is 1. The fourth-order valence-electron chi connectivity index (χ4n) is 1.70. The van der Waals surface area contributed by atoms with E-state index < -0.39 is 0 Å². The Bertz CT molecular complexity index is 334. The van der Waals surface area contributed by atoms with Crippen molar-refractivity contribution in [2.75, 3.05) is 6.61 Å². The summed E-state index contributed by atoms with van der Waals surface area (Å²) in [6.45, 7) is 1.76. The average molecular weight is 209 g/mol. The number of aliphatic hydroxyl groups is 1. The standard InChI is InChI=1S/C11H15NO3/c1-7(6-13)12-11(14)9-5-8(9)10-3-2-4-15-10/h2-4,7-9,13H,5-6H2,1H3,(H,12,14). The number of hydrogen-bond donors (Lipinski definition) is 2. The molecule has 3 unspecified atom stereocenters. The van der Waals surface area contributed by atoms with Crippen LogP contribution in [0.5, 0.6) is 0 Å². The molecular formula is C11H15NO3. The van der Waals surface area contributed by atoms with E-state index in [9.17, 15) is 4.79 Å². The maximum Gasteiger partial charge on any atom is 0.224 e. The highest BCUT2D eigenvalue weighted by atomic mass is 16.3. The predicted octanol–water partition coefficient (Wildman–Crippen LogP) is 0.880. The minimum Gasteiger partial charge on any atom is -0.469 e. The molecule has 0 radical (unpaired) electrons. The Morgan fingerprint density at radius 2 is 2.60 bits per heavy atom. The van der Waals surface area contributed by atoms with E-state index in [2.05, 4.69) is 5.32 Å². The quantitative estimate of drug-likeness (QED) is 0.773. The SMILES string of the molecule is CC(CO)NC(=O)C1CC1c1ccco1. The molecule has 3 atom stereocenters. The summed E-state index contributed by atoms with van der Waals surface area (Å²) in [6, 6.07) is 3.56. The molecule has 82 valence electrons. The maximum absolute atomic E-state index is 11.6. The summed E-state index contributed by atoms with van der Waals surface area (Å²) in [6.07, 6.45) is 2.47. The van der Waals surface area contributed by atoms with E-state index in [-0.39, 0.29) is 30.4 Å². The Hall–Kier alpha value is -1.29. The third-order valence-corrected chi connectivity index (χ3v) is 2.70. The summed E-state index contributed by atoms with van der Waals surface area (Å²) in [5.41, 5.74) is 0. The number of rotatable bonds is 4. The van der Waals surface area contributed by atoms with E-state index >= 15 is 0 Å². The first-order valence-electron chi connectivity index (χ1n) is 5.17. The second-order valence-corrected chi connectivity index (χ2v) is 4.06. The van der Waals surface area contributed by atoms with E-state index in [1.807, 2.05) is 12.1 Å². The van der Waals surface area contributed by atoms with Gasteiger partial charge in [-0.2, -0.15) is 0 Å². The zero-order chi connectivity index (χ0) is 10.8. The Labute approximate surface area is 88.3 Å². The molecule has 1 aliphatic carbocycles. The van der Waals surface area contributed by atoms with Crippen LogP contribution in [0.25, 0.3) is 0 Å². The van der Waals surface area contributed by atoms with E-state index in [0.717, 1.165) is 12.2 Å². The molecule has 1 saturated carbocycles. The average Bonchev–Trinajstić information content (AvgIpc) is 2.85. The first-order valence-corrected chi connectivity index (χ1v) is 5.17. The van der Waals surface area contributed by atoms with Crippen LogP contribution in [0.1, 0.15) is 25.0 Å². The third kappa shape index (κ3) is 2.21. The van der Waals surface area contributed by atoms with Crippen molar-refractivity contribution >= 4 is 5.91 Å². The number of hydrogen-bond acceptors (Lipinski definition) is 3. The molecule has 4 nitrogen and oxygen atoms in total. The first-order chi connectivity index (χ1) is 7.22. The van der Waals surface area contributed by atoms with Gasteiger partial charge in [-0.15, -0.1) is 0 Å². The van der Waals surface area contributed by atoms with Gasteiger partial charge in [0.25, 0.3) is 0 Å². The predicted molar refractivity (Wildman–Crippen MR) is 54.2 cm³/mol. The second kappa shape index (κ2) is 4.06. The van der Waals surface area contributed by atoms with Gasteiger partial charge in [0.05, 0.1) is 12.9 Å². The lowest BCUT2D eigenvalue weighted by Gasteiger charge is -2.09. The fraction of sp³-hybridized carbons (Fsp3) is 0.545. The largest absolute Gasteiger partial charge is 0.469 e. The molecule has 1 aromatic rings. The summed E-state index contributed by atoms with van der Waals surface area (Å²) in [4.78, 5) is 11.6.